The molecule has 2 aromatic rings. The maximum Gasteiger partial charge on any atom is 0.376 e. The van der Waals surface area contributed by atoms with E-state index in [0.29, 0.717) is 17.2 Å². The Kier molecular flexibility index (Phi) is 3.32. The zero-order valence-corrected chi connectivity index (χ0v) is 10.6. The Balaban J connectivity index is 2.66. The second kappa shape index (κ2) is 4.92. The zero-order chi connectivity index (χ0) is 14.0. The highest BCUT2D eigenvalue weighted by molar-refractivity contribution is 5.84. The number of carboxylic acid groups (broad SMARTS) is 1. The van der Waals surface area contributed by atoms with Crippen LogP contribution in [-0.2, 0) is 0 Å². The SMILES string of the molecule is COc1cc(-n2nnnc2C(=O)O)c(OC)cc1C. The summed E-state index contributed by atoms with van der Waals surface area (Å²) in [5, 5.41) is 19.5. The van der Waals surface area contributed by atoms with Gasteiger partial charge < -0.3 is 14.6 Å². The smallest absolute Gasteiger partial charge is 0.376 e. The first kappa shape index (κ1) is 12.8. The molecule has 0 saturated carbocycles. The van der Waals surface area contributed by atoms with Crippen molar-refractivity contribution in [1.82, 2.24) is 20.2 Å². The van der Waals surface area contributed by atoms with E-state index in [-0.39, 0.29) is 5.82 Å². The summed E-state index contributed by atoms with van der Waals surface area (Å²) in [6, 6.07) is 3.35. The highest BCUT2D eigenvalue weighted by Gasteiger charge is 2.19. The molecule has 1 N–H and O–H groups in total. The number of hydrogen-bond donors (Lipinski definition) is 1. The van der Waals surface area contributed by atoms with Gasteiger partial charge in [-0.2, -0.15) is 4.68 Å². The number of nitrogens with zero attached hydrogens (tertiary/aromatic N) is 4. The van der Waals surface area contributed by atoms with Crippen LogP contribution in [0.15, 0.2) is 12.1 Å². The van der Waals surface area contributed by atoms with Crippen LogP contribution in [0, 0.1) is 6.92 Å². The van der Waals surface area contributed by atoms with Crippen LogP contribution in [0.2, 0.25) is 0 Å². The first-order chi connectivity index (χ1) is 9.08. The molecular formula is C11H12N4O4. The number of aromatic carboxylic acids is 1. The fraction of sp³-hybridized carbons (Fsp3) is 0.273. The third-order valence-corrected chi connectivity index (χ3v) is 2.59. The minimum absolute atomic E-state index is 0.302. The highest BCUT2D eigenvalue weighted by Crippen LogP contribution is 2.30. The maximum atomic E-state index is 11.0. The molecule has 2 rings (SSSR count). The number of aryl methyl sites for hydroxylation is 1. The Bertz CT molecular complexity index is 623. The van der Waals surface area contributed by atoms with Crippen molar-refractivity contribution in [3.8, 4) is 17.2 Å². The number of aromatic nitrogens is 4. The van der Waals surface area contributed by atoms with Gasteiger partial charge in [-0.25, -0.2) is 4.79 Å². The average molecular weight is 264 g/mol. The predicted octanol–water partition coefficient (Wildman–Crippen LogP) is 0.686. The third-order valence-electron chi connectivity index (χ3n) is 2.59. The van der Waals surface area contributed by atoms with Crippen molar-refractivity contribution < 1.29 is 19.4 Å². The molecule has 0 radical (unpaired) electrons. The Morgan fingerprint density at radius 1 is 1.26 bits per heavy atom. The molecule has 0 spiro atoms. The fourth-order valence-corrected chi connectivity index (χ4v) is 1.68. The van der Waals surface area contributed by atoms with Crippen molar-refractivity contribution in [3.05, 3.63) is 23.5 Å². The molecule has 0 fully saturated rings. The third kappa shape index (κ3) is 2.19. The summed E-state index contributed by atoms with van der Waals surface area (Å²) in [5.74, 6) is -0.494. The van der Waals surface area contributed by atoms with Gasteiger partial charge in [-0.05, 0) is 29.0 Å². The van der Waals surface area contributed by atoms with Crippen LogP contribution < -0.4 is 9.47 Å². The molecule has 1 heterocycles. The van der Waals surface area contributed by atoms with E-state index in [1.165, 1.54) is 14.2 Å². The lowest BCUT2D eigenvalue weighted by molar-refractivity contribution is 0.0680. The number of carbonyl (C=O) groups is 1. The molecule has 0 atom stereocenters. The lowest BCUT2D eigenvalue weighted by atomic mass is 10.2. The average Bonchev–Trinajstić information content (AvgIpc) is 2.87. The summed E-state index contributed by atoms with van der Waals surface area (Å²) in [7, 11) is 3.01. The molecule has 0 amide bonds. The van der Waals surface area contributed by atoms with Gasteiger partial charge in [0.1, 0.15) is 17.2 Å². The molecule has 100 valence electrons. The highest BCUT2D eigenvalue weighted by atomic mass is 16.5. The summed E-state index contributed by atoms with van der Waals surface area (Å²) < 4.78 is 11.5. The number of ether oxygens (including phenoxy) is 2. The van der Waals surface area contributed by atoms with Crippen molar-refractivity contribution in [2.75, 3.05) is 14.2 Å². The van der Waals surface area contributed by atoms with Gasteiger partial charge in [-0.1, -0.05) is 0 Å². The Morgan fingerprint density at radius 2 is 1.95 bits per heavy atom. The summed E-state index contributed by atoms with van der Waals surface area (Å²) in [4.78, 5) is 11.0. The number of hydrogen-bond acceptors (Lipinski definition) is 6. The van der Waals surface area contributed by atoms with Gasteiger partial charge in [-0.3, -0.25) is 0 Å². The Hall–Kier alpha value is -2.64. The van der Waals surface area contributed by atoms with Gasteiger partial charge in [0.25, 0.3) is 5.82 Å². The van der Waals surface area contributed by atoms with Crippen molar-refractivity contribution in [2.24, 2.45) is 0 Å². The van der Waals surface area contributed by atoms with E-state index in [1.807, 2.05) is 6.92 Å². The van der Waals surface area contributed by atoms with E-state index in [0.717, 1.165) is 10.2 Å². The molecule has 1 aromatic heterocycles. The number of carboxylic acids is 1. The molecule has 0 bridgehead atoms. The van der Waals surface area contributed by atoms with Gasteiger partial charge in [0.15, 0.2) is 0 Å². The van der Waals surface area contributed by atoms with Crippen molar-refractivity contribution in [1.29, 1.82) is 0 Å². The summed E-state index contributed by atoms with van der Waals surface area (Å²) in [6.07, 6.45) is 0. The minimum Gasteiger partial charge on any atom is -0.496 e. The minimum atomic E-state index is -1.23. The molecular weight excluding hydrogens is 252 g/mol. The lowest BCUT2D eigenvalue weighted by Gasteiger charge is -2.12. The first-order valence-corrected chi connectivity index (χ1v) is 5.33. The quantitative estimate of drug-likeness (QED) is 0.866. The molecule has 0 aliphatic heterocycles. The first-order valence-electron chi connectivity index (χ1n) is 5.33. The predicted molar refractivity (Wildman–Crippen MR) is 64.0 cm³/mol. The molecule has 8 nitrogen and oxygen atoms in total. The molecule has 0 aliphatic rings. The molecule has 0 aliphatic carbocycles. The van der Waals surface area contributed by atoms with E-state index in [4.69, 9.17) is 14.6 Å². The summed E-state index contributed by atoms with van der Waals surface area (Å²) in [5.41, 5.74) is 1.25. The van der Waals surface area contributed by atoms with Crippen LogP contribution in [0.5, 0.6) is 11.5 Å². The topological polar surface area (TPSA) is 99.4 Å². The van der Waals surface area contributed by atoms with Crippen LogP contribution in [-0.4, -0.2) is 45.5 Å². The second-order valence-electron chi connectivity index (χ2n) is 3.71. The molecule has 8 heteroatoms. The molecule has 1 aromatic carbocycles. The van der Waals surface area contributed by atoms with Crippen LogP contribution in [0.3, 0.4) is 0 Å². The van der Waals surface area contributed by atoms with Gasteiger partial charge >= 0.3 is 5.97 Å². The van der Waals surface area contributed by atoms with Crippen molar-refractivity contribution >= 4 is 5.97 Å². The van der Waals surface area contributed by atoms with Gasteiger partial charge in [0.2, 0.25) is 0 Å². The zero-order valence-electron chi connectivity index (χ0n) is 10.6. The summed E-state index contributed by atoms with van der Waals surface area (Å²) >= 11 is 0. The number of tetrazole rings is 1. The van der Waals surface area contributed by atoms with Gasteiger partial charge in [0.05, 0.1) is 14.2 Å². The van der Waals surface area contributed by atoms with E-state index in [2.05, 4.69) is 15.5 Å². The maximum absolute atomic E-state index is 11.0. The summed E-state index contributed by atoms with van der Waals surface area (Å²) in [6.45, 7) is 1.85. The van der Waals surface area contributed by atoms with Gasteiger partial charge in [0, 0.05) is 6.07 Å². The van der Waals surface area contributed by atoms with Crippen LogP contribution >= 0.6 is 0 Å². The lowest BCUT2D eigenvalue weighted by Crippen LogP contribution is -2.10. The van der Waals surface area contributed by atoms with Crippen molar-refractivity contribution in [2.45, 2.75) is 6.92 Å². The van der Waals surface area contributed by atoms with Gasteiger partial charge in [-0.15, -0.1) is 5.10 Å². The normalized spacial score (nSPS) is 10.3. The number of rotatable bonds is 4. The Labute approximate surface area is 108 Å². The fourth-order valence-electron chi connectivity index (χ4n) is 1.68. The van der Waals surface area contributed by atoms with E-state index >= 15 is 0 Å². The van der Waals surface area contributed by atoms with Crippen LogP contribution in [0.4, 0.5) is 0 Å². The standard InChI is InChI=1S/C11H12N4O4/c1-6-4-9(19-3)7(5-8(6)18-2)15-10(11(16)17)12-13-14-15/h4-5H,1-3H3,(H,16,17). The van der Waals surface area contributed by atoms with Crippen molar-refractivity contribution in [3.63, 3.8) is 0 Å². The van der Waals surface area contributed by atoms with Crippen LogP contribution in [0.1, 0.15) is 16.2 Å². The monoisotopic (exact) mass is 264 g/mol. The Morgan fingerprint density at radius 3 is 2.53 bits per heavy atom. The van der Waals surface area contributed by atoms with Crippen LogP contribution in [0.25, 0.3) is 5.69 Å². The molecule has 19 heavy (non-hydrogen) atoms. The second-order valence-corrected chi connectivity index (χ2v) is 3.71. The number of methoxy groups -OCH3 is 2. The largest absolute Gasteiger partial charge is 0.496 e. The van der Waals surface area contributed by atoms with E-state index < -0.39 is 5.97 Å². The van der Waals surface area contributed by atoms with E-state index in [9.17, 15) is 4.79 Å². The van der Waals surface area contributed by atoms with E-state index in [1.54, 1.807) is 12.1 Å². The number of benzene rings is 1. The molecule has 0 saturated heterocycles. The molecule has 0 unspecified atom stereocenters.